The molecule has 3 N–H and O–H groups in total. The van der Waals surface area contributed by atoms with E-state index in [0.717, 1.165) is 10.9 Å². The lowest BCUT2D eigenvalue weighted by atomic mass is 10.1. The molecule has 0 spiro atoms. The van der Waals surface area contributed by atoms with Gasteiger partial charge in [0.1, 0.15) is 6.04 Å². The highest BCUT2D eigenvalue weighted by molar-refractivity contribution is 6.31. The van der Waals surface area contributed by atoms with E-state index >= 15 is 0 Å². The summed E-state index contributed by atoms with van der Waals surface area (Å²) >= 11 is 5.89. The summed E-state index contributed by atoms with van der Waals surface area (Å²) in [6.07, 6.45) is 1.70. The second-order valence-corrected chi connectivity index (χ2v) is 3.87. The van der Waals surface area contributed by atoms with Crippen LogP contribution in [0, 0.1) is 0 Å². The molecule has 2 aromatic rings. The van der Waals surface area contributed by atoms with Gasteiger partial charge in [-0.05, 0) is 18.2 Å². The fourth-order valence-corrected chi connectivity index (χ4v) is 1.80. The molecule has 5 heteroatoms. The molecule has 1 aromatic carbocycles. The Morgan fingerprint density at radius 2 is 2.31 bits per heavy atom. The van der Waals surface area contributed by atoms with Crippen LogP contribution in [0.3, 0.4) is 0 Å². The van der Waals surface area contributed by atoms with Gasteiger partial charge >= 0.3 is 5.97 Å². The smallest absolute Gasteiger partial charge is 0.327 e. The molecule has 16 heavy (non-hydrogen) atoms. The van der Waals surface area contributed by atoms with Gasteiger partial charge in [-0.25, -0.2) is 0 Å². The third kappa shape index (κ3) is 1.77. The molecular weight excluding hydrogens is 228 g/mol. The number of carbonyl (C=O) groups excluding carboxylic acids is 1. The molecule has 0 aliphatic heterocycles. The fraction of sp³-hybridized carbons (Fsp3) is 0.182. The summed E-state index contributed by atoms with van der Waals surface area (Å²) in [7, 11) is 1.31. The number of esters is 1. The Morgan fingerprint density at radius 3 is 3.00 bits per heavy atom. The largest absolute Gasteiger partial charge is 0.468 e. The molecule has 0 aliphatic carbocycles. The number of nitrogens with one attached hydrogen (secondary N) is 1. The van der Waals surface area contributed by atoms with Crippen LogP contribution in [0.5, 0.6) is 0 Å². The summed E-state index contributed by atoms with van der Waals surface area (Å²) in [6.45, 7) is 0. The Balaban J connectivity index is 2.52. The number of rotatable bonds is 2. The number of aromatic nitrogens is 1. The number of carbonyl (C=O) groups is 1. The first kappa shape index (κ1) is 11.0. The molecule has 0 amide bonds. The van der Waals surface area contributed by atoms with E-state index in [2.05, 4.69) is 9.72 Å². The van der Waals surface area contributed by atoms with Crippen molar-refractivity contribution in [2.45, 2.75) is 6.04 Å². The zero-order valence-corrected chi connectivity index (χ0v) is 9.41. The minimum absolute atomic E-state index is 0.471. The van der Waals surface area contributed by atoms with E-state index in [0.29, 0.717) is 10.6 Å². The first-order valence-corrected chi connectivity index (χ1v) is 5.11. The Bertz CT molecular complexity index is 536. The van der Waals surface area contributed by atoms with Crippen LogP contribution in [0.2, 0.25) is 5.02 Å². The Morgan fingerprint density at radius 1 is 1.56 bits per heavy atom. The van der Waals surface area contributed by atoms with Gasteiger partial charge in [-0.3, -0.25) is 4.79 Å². The van der Waals surface area contributed by atoms with Crippen molar-refractivity contribution in [2.75, 3.05) is 7.11 Å². The Hall–Kier alpha value is -1.52. The maximum absolute atomic E-state index is 11.3. The maximum Gasteiger partial charge on any atom is 0.327 e. The van der Waals surface area contributed by atoms with E-state index in [1.165, 1.54) is 7.11 Å². The van der Waals surface area contributed by atoms with Crippen molar-refractivity contribution >= 4 is 28.5 Å². The van der Waals surface area contributed by atoms with Gasteiger partial charge in [0.15, 0.2) is 0 Å². The molecule has 1 atom stereocenters. The van der Waals surface area contributed by atoms with E-state index < -0.39 is 12.0 Å². The van der Waals surface area contributed by atoms with E-state index in [1.807, 2.05) is 6.07 Å². The van der Waals surface area contributed by atoms with Gasteiger partial charge in [-0.2, -0.15) is 0 Å². The molecule has 1 unspecified atom stereocenters. The normalized spacial score (nSPS) is 12.7. The molecule has 0 bridgehead atoms. The average molecular weight is 239 g/mol. The molecule has 1 aromatic heterocycles. The topological polar surface area (TPSA) is 68.1 Å². The molecule has 0 saturated heterocycles. The molecular formula is C11H11ClN2O2. The van der Waals surface area contributed by atoms with Crippen molar-refractivity contribution in [1.82, 2.24) is 4.98 Å². The van der Waals surface area contributed by atoms with E-state index in [9.17, 15) is 4.79 Å². The lowest BCUT2D eigenvalue weighted by Crippen LogP contribution is -2.22. The summed E-state index contributed by atoms with van der Waals surface area (Å²) in [5.74, 6) is -0.471. The van der Waals surface area contributed by atoms with Gasteiger partial charge in [0.2, 0.25) is 0 Å². The maximum atomic E-state index is 11.3. The van der Waals surface area contributed by atoms with Crippen molar-refractivity contribution in [3.05, 3.63) is 35.0 Å². The second-order valence-electron chi connectivity index (χ2n) is 3.43. The number of hydrogen-bond acceptors (Lipinski definition) is 3. The van der Waals surface area contributed by atoms with Gasteiger partial charge in [-0.1, -0.05) is 11.6 Å². The van der Waals surface area contributed by atoms with E-state index in [1.54, 1.807) is 18.3 Å². The van der Waals surface area contributed by atoms with Crippen LogP contribution in [0.1, 0.15) is 11.6 Å². The summed E-state index contributed by atoms with van der Waals surface area (Å²) < 4.78 is 4.60. The van der Waals surface area contributed by atoms with E-state index in [4.69, 9.17) is 17.3 Å². The summed E-state index contributed by atoms with van der Waals surface area (Å²) in [6, 6.07) is 4.59. The van der Waals surface area contributed by atoms with Crippen LogP contribution in [0.25, 0.3) is 10.9 Å². The third-order valence-corrected chi connectivity index (χ3v) is 2.70. The zero-order valence-electron chi connectivity index (χ0n) is 8.66. The highest BCUT2D eigenvalue weighted by Gasteiger charge is 2.19. The fourth-order valence-electron chi connectivity index (χ4n) is 1.63. The number of benzene rings is 1. The van der Waals surface area contributed by atoms with Crippen molar-refractivity contribution in [3.63, 3.8) is 0 Å². The first-order chi connectivity index (χ1) is 7.63. The molecule has 4 nitrogen and oxygen atoms in total. The molecule has 0 saturated carbocycles. The van der Waals surface area contributed by atoms with Crippen LogP contribution in [0.15, 0.2) is 24.4 Å². The molecule has 1 heterocycles. The number of hydrogen-bond donors (Lipinski definition) is 2. The van der Waals surface area contributed by atoms with Crippen LogP contribution in [0.4, 0.5) is 0 Å². The van der Waals surface area contributed by atoms with E-state index in [-0.39, 0.29) is 0 Å². The number of ether oxygens (including phenoxy) is 1. The van der Waals surface area contributed by atoms with Crippen molar-refractivity contribution in [2.24, 2.45) is 5.73 Å². The average Bonchev–Trinajstić information content (AvgIpc) is 2.69. The SMILES string of the molecule is COC(=O)C(N)c1c[nH]c2ccc(Cl)cc12. The van der Waals surface area contributed by atoms with Crippen molar-refractivity contribution in [3.8, 4) is 0 Å². The van der Waals surface area contributed by atoms with Gasteiger partial charge in [0.25, 0.3) is 0 Å². The minimum Gasteiger partial charge on any atom is -0.468 e. The third-order valence-electron chi connectivity index (χ3n) is 2.47. The quantitative estimate of drug-likeness (QED) is 0.787. The van der Waals surface area contributed by atoms with Crippen LogP contribution in [-0.4, -0.2) is 18.1 Å². The van der Waals surface area contributed by atoms with Gasteiger partial charge < -0.3 is 15.5 Å². The lowest BCUT2D eigenvalue weighted by Gasteiger charge is -2.07. The number of nitrogens with two attached hydrogens (primary N) is 1. The predicted molar refractivity (Wildman–Crippen MR) is 62.3 cm³/mol. The molecule has 0 radical (unpaired) electrons. The van der Waals surface area contributed by atoms with Crippen LogP contribution < -0.4 is 5.73 Å². The lowest BCUT2D eigenvalue weighted by molar-refractivity contribution is -0.142. The highest BCUT2D eigenvalue weighted by Crippen LogP contribution is 2.26. The number of H-pyrrole nitrogens is 1. The zero-order chi connectivity index (χ0) is 11.7. The molecule has 84 valence electrons. The molecule has 0 aliphatic rings. The second kappa shape index (κ2) is 4.15. The monoisotopic (exact) mass is 238 g/mol. The number of fused-ring (bicyclic) bond motifs is 1. The summed E-state index contributed by atoms with van der Waals surface area (Å²) in [5, 5.41) is 1.44. The first-order valence-electron chi connectivity index (χ1n) is 4.73. The predicted octanol–water partition coefficient (Wildman–Crippen LogP) is 1.99. The minimum atomic E-state index is -0.794. The van der Waals surface area contributed by atoms with Gasteiger partial charge in [-0.15, -0.1) is 0 Å². The number of halogens is 1. The highest BCUT2D eigenvalue weighted by atomic mass is 35.5. The van der Waals surface area contributed by atoms with Crippen molar-refractivity contribution in [1.29, 1.82) is 0 Å². The Kier molecular flexibility index (Phi) is 2.85. The van der Waals surface area contributed by atoms with Crippen molar-refractivity contribution < 1.29 is 9.53 Å². The molecule has 2 rings (SSSR count). The van der Waals surface area contributed by atoms with Gasteiger partial charge in [0, 0.05) is 27.7 Å². The number of methoxy groups -OCH3 is 1. The standard InChI is InChI=1S/C11H11ClN2O2/c1-16-11(15)10(13)8-5-14-9-3-2-6(12)4-7(8)9/h2-5,10,14H,13H2,1H3. The number of aromatic amines is 1. The van der Waals surface area contributed by atoms with Gasteiger partial charge in [0.05, 0.1) is 7.11 Å². The molecule has 0 fully saturated rings. The van der Waals surface area contributed by atoms with Crippen LogP contribution >= 0.6 is 11.6 Å². The van der Waals surface area contributed by atoms with Crippen LogP contribution in [-0.2, 0) is 9.53 Å². The Labute approximate surface area is 97.3 Å². The summed E-state index contributed by atoms with van der Waals surface area (Å²) in [4.78, 5) is 14.4. The summed E-state index contributed by atoms with van der Waals surface area (Å²) in [5.41, 5.74) is 7.34.